The van der Waals surface area contributed by atoms with E-state index in [1.807, 2.05) is 6.92 Å². The van der Waals surface area contributed by atoms with E-state index in [9.17, 15) is 0 Å². The van der Waals surface area contributed by atoms with E-state index in [1.54, 1.807) is 0 Å². The standard InChI is InChI=1S/C14H27N5O/c1-5-9-10-19(8-4)13-16-12(15-7-3)17-14(18-13)20-11-6-2/h5-11H2,1-4H3,(H,15,16,17,18). The van der Waals surface area contributed by atoms with Crippen LogP contribution in [0.3, 0.4) is 0 Å². The Morgan fingerprint density at radius 1 is 1.05 bits per heavy atom. The van der Waals surface area contributed by atoms with Gasteiger partial charge in [-0.25, -0.2) is 0 Å². The van der Waals surface area contributed by atoms with Gasteiger partial charge in [0.1, 0.15) is 0 Å². The number of hydrogen-bond acceptors (Lipinski definition) is 6. The molecule has 1 aromatic heterocycles. The minimum absolute atomic E-state index is 0.405. The maximum absolute atomic E-state index is 5.55. The summed E-state index contributed by atoms with van der Waals surface area (Å²) in [5.41, 5.74) is 0. The average molecular weight is 281 g/mol. The van der Waals surface area contributed by atoms with Crippen LogP contribution in [0.15, 0.2) is 0 Å². The van der Waals surface area contributed by atoms with E-state index in [0.717, 1.165) is 38.9 Å². The van der Waals surface area contributed by atoms with E-state index >= 15 is 0 Å². The minimum Gasteiger partial charge on any atom is -0.463 e. The Kier molecular flexibility index (Phi) is 7.69. The highest BCUT2D eigenvalue weighted by Gasteiger charge is 2.12. The summed E-state index contributed by atoms with van der Waals surface area (Å²) in [6.45, 7) is 11.6. The highest BCUT2D eigenvalue weighted by Crippen LogP contribution is 2.15. The van der Waals surface area contributed by atoms with E-state index < -0.39 is 0 Å². The smallest absolute Gasteiger partial charge is 0.323 e. The van der Waals surface area contributed by atoms with Crippen LogP contribution in [-0.2, 0) is 0 Å². The van der Waals surface area contributed by atoms with E-state index in [-0.39, 0.29) is 0 Å². The molecule has 0 aromatic carbocycles. The summed E-state index contributed by atoms with van der Waals surface area (Å²) in [6, 6.07) is 0.405. The van der Waals surface area contributed by atoms with Crippen LogP contribution in [0.5, 0.6) is 6.01 Å². The molecule has 6 heteroatoms. The number of aromatic nitrogens is 3. The number of ether oxygens (including phenoxy) is 1. The van der Waals surface area contributed by atoms with Crippen LogP contribution in [-0.4, -0.2) is 41.2 Å². The summed E-state index contributed by atoms with van der Waals surface area (Å²) in [7, 11) is 0. The van der Waals surface area contributed by atoms with Crippen LogP contribution in [0.4, 0.5) is 11.9 Å². The van der Waals surface area contributed by atoms with Crippen molar-refractivity contribution < 1.29 is 4.74 Å². The Morgan fingerprint density at radius 2 is 1.85 bits per heavy atom. The topological polar surface area (TPSA) is 63.2 Å². The van der Waals surface area contributed by atoms with Crippen LogP contribution in [0.25, 0.3) is 0 Å². The summed E-state index contributed by atoms with van der Waals surface area (Å²) in [5, 5.41) is 3.13. The van der Waals surface area contributed by atoms with Crippen molar-refractivity contribution >= 4 is 11.9 Å². The molecule has 0 unspecified atom stereocenters. The van der Waals surface area contributed by atoms with Crippen LogP contribution in [0, 0.1) is 0 Å². The number of anilines is 2. The molecule has 1 heterocycles. The van der Waals surface area contributed by atoms with Crippen molar-refractivity contribution in [1.29, 1.82) is 0 Å². The SMILES string of the molecule is CCCCN(CC)c1nc(NCC)nc(OCCC)n1. The summed E-state index contributed by atoms with van der Waals surface area (Å²) >= 11 is 0. The second kappa shape index (κ2) is 9.34. The van der Waals surface area contributed by atoms with Gasteiger partial charge in [0.25, 0.3) is 0 Å². The molecule has 0 bridgehead atoms. The fourth-order valence-electron chi connectivity index (χ4n) is 1.73. The Hall–Kier alpha value is -1.59. The van der Waals surface area contributed by atoms with Gasteiger partial charge in [-0.1, -0.05) is 20.3 Å². The first-order chi connectivity index (χ1) is 9.74. The third-order valence-corrected chi connectivity index (χ3v) is 2.82. The molecule has 20 heavy (non-hydrogen) atoms. The zero-order valence-electron chi connectivity index (χ0n) is 13.1. The molecule has 0 aliphatic rings. The maximum atomic E-state index is 5.55. The second-order valence-corrected chi connectivity index (χ2v) is 4.55. The molecule has 0 aliphatic heterocycles. The monoisotopic (exact) mass is 281 g/mol. The van der Waals surface area contributed by atoms with Crippen LogP contribution < -0.4 is 15.0 Å². The molecule has 0 spiro atoms. The molecule has 0 saturated carbocycles. The van der Waals surface area contributed by atoms with Gasteiger partial charge in [-0.2, -0.15) is 15.0 Å². The zero-order chi connectivity index (χ0) is 14.8. The lowest BCUT2D eigenvalue weighted by Gasteiger charge is -2.21. The first-order valence-electron chi connectivity index (χ1n) is 7.62. The van der Waals surface area contributed by atoms with E-state index in [4.69, 9.17) is 4.74 Å². The van der Waals surface area contributed by atoms with Gasteiger partial charge in [-0.05, 0) is 26.7 Å². The quantitative estimate of drug-likeness (QED) is 0.711. The van der Waals surface area contributed by atoms with Gasteiger partial charge < -0.3 is 15.0 Å². The van der Waals surface area contributed by atoms with Crippen molar-refractivity contribution in [2.45, 2.75) is 47.0 Å². The third kappa shape index (κ3) is 5.19. The minimum atomic E-state index is 0.405. The molecule has 0 atom stereocenters. The first-order valence-corrected chi connectivity index (χ1v) is 7.62. The van der Waals surface area contributed by atoms with E-state index in [1.165, 1.54) is 0 Å². The molecule has 1 rings (SSSR count). The normalized spacial score (nSPS) is 10.4. The second-order valence-electron chi connectivity index (χ2n) is 4.55. The Labute approximate surface area is 122 Å². The molecule has 0 aliphatic carbocycles. The Bertz CT molecular complexity index is 386. The molecule has 0 amide bonds. The fraction of sp³-hybridized carbons (Fsp3) is 0.786. The summed E-state index contributed by atoms with van der Waals surface area (Å²) in [4.78, 5) is 15.3. The van der Waals surface area contributed by atoms with Gasteiger partial charge in [0.05, 0.1) is 6.61 Å². The van der Waals surface area contributed by atoms with Crippen molar-refractivity contribution in [3.05, 3.63) is 0 Å². The Morgan fingerprint density at radius 3 is 2.45 bits per heavy atom. The Balaban J connectivity index is 2.92. The number of rotatable bonds is 10. The van der Waals surface area contributed by atoms with Gasteiger partial charge in [-0.15, -0.1) is 0 Å². The molecular weight excluding hydrogens is 254 g/mol. The van der Waals surface area contributed by atoms with Gasteiger partial charge >= 0.3 is 6.01 Å². The summed E-state index contributed by atoms with van der Waals surface area (Å²) < 4.78 is 5.55. The number of nitrogens with zero attached hydrogens (tertiary/aromatic N) is 4. The molecule has 0 fully saturated rings. The summed E-state index contributed by atoms with van der Waals surface area (Å²) in [5.74, 6) is 1.27. The van der Waals surface area contributed by atoms with Crippen LogP contribution >= 0.6 is 0 Å². The largest absolute Gasteiger partial charge is 0.463 e. The van der Waals surface area contributed by atoms with Gasteiger partial charge in [-0.3, -0.25) is 0 Å². The lowest BCUT2D eigenvalue weighted by Crippen LogP contribution is -2.26. The van der Waals surface area contributed by atoms with E-state index in [2.05, 4.69) is 45.9 Å². The van der Waals surface area contributed by atoms with Gasteiger partial charge in [0.15, 0.2) is 0 Å². The molecule has 114 valence electrons. The van der Waals surface area contributed by atoms with Crippen molar-refractivity contribution in [2.24, 2.45) is 0 Å². The number of nitrogens with one attached hydrogen (secondary N) is 1. The lowest BCUT2D eigenvalue weighted by atomic mass is 10.3. The van der Waals surface area contributed by atoms with Crippen molar-refractivity contribution in [3.63, 3.8) is 0 Å². The maximum Gasteiger partial charge on any atom is 0.323 e. The van der Waals surface area contributed by atoms with Crippen molar-refractivity contribution in [1.82, 2.24) is 15.0 Å². The third-order valence-electron chi connectivity index (χ3n) is 2.82. The van der Waals surface area contributed by atoms with Crippen molar-refractivity contribution in [3.8, 4) is 6.01 Å². The van der Waals surface area contributed by atoms with Gasteiger partial charge in [0, 0.05) is 19.6 Å². The molecule has 1 aromatic rings. The zero-order valence-corrected chi connectivity index (χ0v) is 13.1. The van der Waals surface area contributed by atoms with Crippen LogP contribution in [0.2, 0.25) is 0 Å². The predicted molar refractivity (Wildman–Crippen MR) is 82.6 cm³/mol. The van der Waals surface area contributed by atoms with Gasteiger partial charge in [0.2, 0.25) is 11.9 Å². The molecular formula is C14H27N5O. The first kappa shape index (κ1) is 16.5. The average Bonchev–Trinajstić information content (AvgIpc) is 2.46. The molecule has 0 radical (unpaired) electrons. The fourth-order valence-corrected chi connectivity index (χ4v) is 1.73. The molecule has 0 saturated heterocycles. The molecule has 1 N–H and O–H groups in total. The highest BCUT2D eigenvalue weighted by molar-refractivity contribution is 5.38. The summed E-state index contributed by atoms with van der Waals surface area (Å²) in [6.07, 6.45) is 3.22. The van der Waals surface area contributed by atoms with E-state index in [0.29, 0.717) is 24.5 Å². The number of unbranched alkanes of at least 4 members (excludes halogenated alkanes) is 1. The lowest BCUT2D eigenvalue weighted by molar-refractivity contribution is 0.292. The highest BCUT2D eigenvalue weighted by atomic mass is 16.5. The predicted octanol–water partition coefficient (Wildman–Crippen LogP) is 2.72. The number of hydrogen-bond donors (Lipinski definition) is 1. The molecule has 6 nitrogen and oxygen atoms in total. The van der Waals surface area contributed by atoms with Crippen LogP contribution in [0.1, 0.15) is 47.0 Å². The van der Waals surface area contributed by atoms with Crippen molar-refractivity contribution in [2.75, 3.05) is 36.5 Å².